The minimum absolute atomic E-state index is 0.209. The van der Waals surface area contributed by atoms with Crippen molar-refractivity contribution in [3.63, 3.8) is 0 Å². The maximum Gasteiger partial charge on any atom is 0.0675 e. The van der Waals surface area contributed by atoms with Gasteiger partial charge in [-0.15, -0.1) is 6.58 Å². The van der Waals surface area contributed by atoms with Gasteiger partial charge in [0, 0.05) is 11.2 Å². The number of rotatable bonds is 3. The molecule has 0 fully saturated rings. The Kier molecular flexibility index (Phi) is 4.04. The van der Waals surface area contributed by atoms with Crippen LogP contribution in [0, 0.1) is 0 Å². The highest BCUT2D eigenvalue weighted by Crippen LogP contribution is 2.04. The van der Waals surface area contributed by atoms with Crippen molar-refractivity contribution in [1.29, 1.82) is 0 Å². The van der Waals surface area contributed by atoms with Crippen LogP contribution in [-0.4, -0.2) is 20.0 Å². The van der Waals surface area contributed by atoms with Crippen LogP contribution in [0.3, 0.4) is 0 Å². The van der Waals surface area contributed by atoms with Crippen molar-refractivity contribution in [2.75, 3.05) is 0 Å². The Morgan fingerprint density at radius 2 is 1.82 bits per heavy atom. The zero-order chi connectivity index (χ0) is 9.07. The van der Waals surface area contributed by atoms with Gasteiger partial charge in [-0.1, -0.05) is 19.2 Å². The number of nitrogens with one attached hydrogen (secondary N) is 1. The Morgan fingerprint density at radius 3 is 1.91 bits per heavy atom. The largest absolute Gasteiger partial charge is 0.309 e. The van der Waals surface area contributed by atoms with Gasteiger partial charge in [0.1, 0.15) is 0 Å². The van der Waals surface area contributed by atoms with Gasteiger partial charge < -0.3 is 5.32 Å². The lowest BCUT2D eigenvalue weighted by Crippen LogP contribution is -2.48. The Bertz CT molecular complexity index is 124. The summed E-state index contributed by atoms with van der Waals surface area (Å²) in [4.78, 5) is 0. The molecule has 0 aliphatic rings. The maximum atomic E-state index is 3.83. The second-order valence-electron chi connectivity index (χ2n) is 4.19. The Labute approximate surface area is 72.5 Å². The molecule has 0 heterocycles. The standard InChI is InChI=1S/C9H20NSi/c1-7-8(11(5)6)10-9(2,3)4/h7-8,10H,1H2,2-6H3. The van der Waals surface area contributed by atoms with Crippen molar-refractivity contribution >= 4 is 8.80 Å². The molecule has 0 amide bonds. The molecule has 1 nitrogen and oxygen atoms in total. The molecule has 1 atom stereocenters. The van der Waals surface area contributed by atoms with Crippen molar-refractivity contribution in [2.45, 2.75) is 45.1 Å². The van der Waals surface area contributed by atoms with E-state index < -0.39 is 0 Å². The molecule has 1 N–H and O–H groups in total. The molecule has 0 saturated heterocycles. The zero-order valence-corrected chi connectivity index (χ0v) is 9.36. The predicted octanol–water partition coefficient (Wildman–Crippen LogP) is 2.22. The monoisotopic (exact) mass is 170 g/mol. The summed E-state index contributed by atoms with van der Waals surface area (Å²) in [6.07, 6.45) is 2.03. The van der Waals surface area contributed by atoms with Crippen molar-refractivity contribution < 1.29 is 0 Å². The molecule has 0 bridgehead atoms. The summed E-state index contributed by atoms with van der Waals surface area (Å²) in [7, 11) is -0.286. The molecule has 0 aliphatic carbocycles. The molecule has 0 aromatic rings. The summed E-state index contributed by atoms with van der Waals surface area (Å²) in [5, 5.41) is 3.53. The SMILES string of the molecule is C=CC(NC(C)(C)C)[Si](C)C. The van der Waals surface area contributed by atoms with Crippen LogP contribution in [0.25, 0.3) is 0 Å². The maximum absolute atomic E-state index is 3.83. The third-order valence-corrected chi connectivity index (χ3v) is 3.07. The fourth-order valence-corrected chi connectivity index (χ4v) is 2.10. The van der Waals surface area contributed by atoms with E-state index in [2.05, 4.69) is 45.8 Å². The fourth-order valence-electron chi connectivity index (χ4n) is 0.905. The molecular formula is C9H20NSi. The van der Waals surface area contributed by atoms with E-state index >= 15 is 0 Å². The predicted molar refractivity (Wildman–Crippen MR) is 54.4 cm³/mol. The molecule has 65 valence electrons. The van der Waals surface area contributed by atoms with Crippen LogP contribution in [0.4, 0.5) is 0 Å². The van der Waals surface area contributed by atoms with E-state index in [-0.39, 0.29) is 14.3 Å². The summed E-state index contributed by atoms with van der Waals surface area (Å²) >= 11 is 0. The molecule has 0 spiro atoms. The zero-order valence-electron chi connectivity index (χ0n) is 8.36. The molecule has 2 heteroatoms. The summed E-state index contributed by atoms with van der Waals surface area (Å²) in [6.45, 7) is 15.0. The molecular weight excluding hydrogens is 150 g/mol. The summed E-state index contributed by atoms with van der Waals surface area (Å²) < 4.78 is 0. The third-order valence-electron chi connectivity index (χ3n) is 1.45. The van der Waals surface area contributed by atoms with Crippen molar-refractivity contribution in [2.24, 2.45) is 0 Å². The minimum atomic E-state index is -0.286. The van der Waals surface area contributed by atoms with Gasteiger partial charge in [0.2, 0.25) is 0 Å². The molecule has 1 unspecified atom stereocenters. The first kappa shape index (κ1) is 10.9. The highest BCUT2D eigenvalue weighted by molar-refractivity contribution is 6.58. The summed E-state index contributed by atoms with van der Waals surface area (Å²) in [6, 6.07) is 0. The van der Waals surface area contributed by atoms with Crippen molar-refractivity contribution in [3.8, 4) is 0 Å². The first-order valence-corrected chi connectivity index (χ1v) is 6.65. The van der Waals surface area contributed by atoms with Crippen molar-refractivity contribution in [1.82, 2.24) is 5.32 Å². The van der Waals surface area contributed by atoms with Crippen LogP contribution < -0.4 is 5.32 Å². The van der Waals surface area contributed by atoms with Gasteiger partial charge >= 0.3 is 0 Å². The fraction of sp³-hybridized carbons (Fsp3) is 0.778. The quantitative estimate of drug-likeness (QED) is 0.506. The van der Waals surface area contributed by atoms with E-state index in [0.29, 0.717) is 5.67 Å². The average molecular weight is 170 g/mol. The Balaban J connectivity index is 3.99. The van der Waals surface area contributed by atoms with Gasteiger partial charge in [0.15, 0.2) is 0 Å². The van der Waals surface area contributed by atoms with E-state index in [4.69, 9.17) is 0 Å². The van der Waals surface area contributed by atoms with Crippen LogP contribution in [0.5, 0.6) is 0 Å². The van der Waals surface area contributed by atoms with E-state index in [1.165, 1.54) is 0 Å². The van der Waals surface area contributed by atoms with E-state index in [1.54, 1.807) is 0 Å². The second kappa shape index (κ2) is 4.07. The molecule has 11 heavy (non-hydrogen) atoms. The van der Waals surface area contributed by atoms with Gasteiger partial charge in [0.05, 0.1) is 8.80 Å². The molecule has 0 saturated carbocycles. The first-order chi connectivity index (χ1) is 4.87. The van der Waals surface area contributed by atoms with E-state index in [1.807, 2.05) is 6.08 Å². The summed E-state index contributed by atoms with van der Waals surface area (Å²) in [5.74, 6) is 0. The Morgan fingerprint density at radius 1 is 1.36 bits per heavy atom. The minimum Gasteiger partial charge on any atom is -0.309 e. The lowest BCUT2D eigenvalue weighted by atomic mass is 10.1. The number of hydrogen-bond donors (Lipinski definition) is 1. The highest BCUT2D eigenvalue weighted by Gasteiger charge is 2.17. The topological polar surface area (TPSA) is 12.0 Å². The van der Waals surface area contributed by atoms with Crippen LogP contribution in [-0.2, 0) is 0 Å². The Hall–Kier alpha value is -0.0831. The average Bonchev–Trinajstić information content (AvgIpc) is 1.80. The van der Waals surface area contributed by atoms with E-state index in [0.717, 1.165) is 0 Å². The van der Waals surface area contributed by atoms with Gasteiger partial charge in [0.25, 0.3) is 0 Å². The van der Waals surface area contributed by atoms with Gasteiger partial charge in [-0.2, -0.15) is 0 Å². The van der Waals surface area contributed by atoms with Crippen molar-refractivity contribution in [3.05, 3.63) is 12.7 Å². The van der Waals surface area contributed by atoms with Crippen LogP contribution in [0.2, 0.25) is 13.1 Å². The molecule has 1 radical (unpaired) electrons. The highest BCUT2D eigenvalue weighted by atomic mass is 28.3. The van der Waals surface area contributed by atoms with Gasteiger partial charge in [-0.3, -0.25) is 0 Å². The smallest absolute Gasteiger partial charge is 0.0675 e. The van der Waals surface area contributed by atoms with Crippen LogP contribution >= 0.6 is 0 Å². The molecule has 0 aromatic heterocycles. The molecule has 0 aliphatic heterocycles. The van der Waals surface area contributed by atoms with Crippen LogP contribution in [0.15, 0.2) is 12.7 Å². The molecule has 0 rings (SSSR count). The normalized spacial score (nSPS) is 15.1. The van der Waals surface area contributed by atoms with Gasteiger partial charge in [-0.25, -0.2) is 0 Å². The van der Waals surface area contributed by atoms with Crippen LogP contribution in [0.1, 0.15) is 20.8 Å². The lowest BCUT2D eigenvalue weighted by Gasteiger charge is -2.28. The second-order valence-corrected chi connectivity index (χ2v) is 6.96. The van der Waals surface area contributed by atoms with E-state index in [9.17, 15) is 0 Å². The third kappa shape index (κ3) is 5.22. The lowest BCUT2D eigenvalue weighted by molar-refractivity contribution is 0.430. The van der Waals surface area contributed by atoms with Gasteiger partial charge in [-0.05, 0) is 20.8 Å². The first-order valence-electron chi connectivity index (χ1n) is 4.07. The molecule has 0 aromatic carbocycles. The number of hydrogen-bond acceptors (Lipinski definition) is 1. The summed E-state index contributed by atoms with van der Waals surface area (Å²) in [5.41, 5.74) is 0.737.